The van der Waals surface area contributed by atoms with Crippen LogP contribution in [0.25, 0.3) is 71.3 Å². The molecular weight excluding hydrogens is 785 g/mol. The van der Waals surface area contributed by atoms with Gasteiger partial charge in [0, 0.05) is 33.5 Å². The predicted molar refractivity (Wildman–Crippen MR) is 273 cm³/mol. The second-order valence-electron chi connectivity index (χ2n) is 17.3. The smallest absolute Gasteiger partial charge is 0.0713 e. The fourth-order valence-electron chi connectivity index (χ4n) is 10.9. The summed E-state index contributed by atoms with van der Waals surface area (Å²) >= 11 is 0. The third-order valence-electron chi connectivity index (χ3n) is 13.8. The van der Waals surface area contributed by atoms with Crippen molar-refractivity contribution in [1.82, 2.24) is 4.57 Å². The number of para-hydroxylation sites is 2. The van der Waals surface area contributed by atoms with Crippen LogP contribution in [-0.4, -0.2) is 4.57 Å². The fourth-order valence-corrected chi connectivity index (χ4v) is 10.9. The molecule has 0 fully saturated rings. The fraction of sp³-hybridized carbons (Fsp3) is 0.0159. The first-order valence-corrected chi connectivity index (χ1v) is 22.5. The van der Waals surface area contributed by atoms with Crippen LogP contribution in [-0.2, 0) is 5.41 Å². The molecular formula is C63H42N2. The van der Waals surface area contributed by atoms with E-state index in [2.05, 4.69) is 264 Å². The SMILES string of the molecule is c1ccc(-n2c3ccccc3c3cc(N(c4ccc(-c5ccc6c(c5)C(c5ccccc5)(c5ccccc5)c5ccccc5-6)cc4)c4ccc5cc6ccccc6cc5c4)ccc32)cc1. The van der Waals surface area contributed by atoms with Gasteiger partial charge in [0.2, 0.25) is 0 Å². The minimum absolute atomic E-state index is 0.453. The van der Waals surface area contributed by atoms with Crippen LogP contribution in [0.3, 0.4) is 0 Å². The summed E-state index contributed by atoms with van der Waals surface area (Å²) in [6.07, 6.45) is 0. The van der Waals surface area contributed by atoms with E-state index in [1.54, 1.807) is 0 Å². The number of fused-ring (bicyclic) bond motifs is 8. The Labute approximate surface area is 378 Å². The van der Waals surface area contributed by atoms with Gasteiger partial charge >= 0.3 is 0 Å². The molecule has 11 aromatic carbocycles. The minimum atomic E-state index is -0.453. The van der Waals surface area contributed by atoms with Crippen molar-refractivity contribution in [2.24, 2.45) is 0 Å². The van der Waals surface area contributed by atoms with Gasteiger partial charge in [0.25, 0.3) is 0 Å². The molecule has 0 saturated carbocycles. The second-order valence-corrected chi connectivity index (χ2v) is 17.3. The number of nitrogens with zero attached hydrogens (tertiary/aromatic N) is 2. The van der Waals surface area contributed by atoms with E-state index in [1.807, 2.05) is 0 Å². The molecule has 13 rings (SSSR count). The predicted octanol–water partition coefficient (Wildman–Crippen LogP) is 16.6. The first-order valence-electron chi connectivity index (χ1n) is 22.5. The number of rotatable bonds is 7. The van der Waals surface area contributed by atoms with E-state index < -0.39 is 5.41 Å². The molecule has 12 aromatic rings. The summed E-state index contributed by atoms with van der Waals surface area (Å²) in [7, 11) is 0. The molecule has 0 amide bonds. The van der Waals surface area contributed by atoms with E-state index in [0.29, 0.717) is 0 Å². The van der Waals surface area contributed by atoms with Gasteiger partial charge in [0.05, 0.1) is 16.4 Å². The van der Waals surface area contributed by atoms with Crippen LogP contribution in [0, 0.1) is 0 Å². The molecule has 304 valence electrons. The van der Waals surface area contributed by atoms with Gasteiger partial charge in [-0.15, -0.1) is 0 Å². The van der Waals surface area contributed by atoms with Crippen molar-refractivity contribution in [3.8, 4) is 27.9 Å². The van der Waals surface area contributed by atoms with Gasteiger partial charge in [-0.2, -0.15) is 0 Å². The van der Waals surface area contributed by atoms with Gasteiger partial charge in [0.15, 0.2) is 0 Å². The maximum Gasteiger partial charge on any atom is 0.0713 e. The lowest BCUT2D eigenvalue weighted by Crippen LogP contribution is -2.28. The zero-order valence-electron chi connectivity index (χ0n) is 35.6. The molecule has 1 aliphatic rings. The Kier molecular flexibility index (Phi) is 8.47. The third-order valence-corrected chi connectivity index (χ3v) is 13.8. The summed E-state index contributed by atoms with van der Waals surface area (Å²) < 4.78 is 2.38. The van der Waals surface area contributed by atoms with Crippen LogP contribution in [0.4, 0.5) is 17.1 Å². The molecule has 65 heavy (non-hydrogen) atoms. The zero-order valence-corrected chi connectivity index (χ0v) is 35.6. The number of benzene rings is 11. The number of hydrogen-bond acceptors (Lipinski definition) is 1. The topological polar surface area (TPSA) is 8.17 Å². The average molecular weight is 827 g/mol. The molecule has 0 spiro atoms. The van der Waals surface area contributed by atoms with Crippen molar-refractivity contribution in [2.75, 3.05) is 4.90 Å². The first kappa shape index (κ1) is 37.1. The van der Waals surface area contributed by atoms with Crippen LogP contribution < -0.4 is 4.90 Å². The number of aromatic nitrogens is 1. The molecule has 0 atom stereocenters. The first-order chi connectivity index (χ1) is 32.2. The molecule has 0 bridgehead atoms. The monoisotopic (exact) mass is 826 g/mol. The molecule has 2 heteroatoms. The summed E-state index contributed by atoms with van der Waals surface area (Å²) in [5.41, 5.74) is 16.5. The Hall–Kier alpha value is -8.46. The van der Waals surface area contributed by atoms with Crippen molar-refractivity contribution in [2.45, 2.75) is 5.41 Å². The van der Waals surface area contributed by atoms with Crippen molar-refractivity contribution in [1.29, 1.82) is 0 Å². The Morgan fingerprint density at radius 2 is 0.846 bits per heavy atom. The summed E-state index contributed by atoms with van der Waals surface area (Å²) in [5.74, 6) is 0. The molecule has 0 radical (unpaired) electrons. The van der Waals surface area contributed by atoms with E-state index in [1.165, 1.54) is 87.9 Å². The van der Waals surface area contributed by atoms with Crippen molar-refractivity contribution < 1.29 is 0 Å². The lowest BCUT2D eigenvalue weighted by Gasteiger charge is -2.34. The molecule has 1 aromatic heterocycles. The summed E-state index contributed by atoms with van der Waals surface area (Å²) in [5, 5.41) is 7.38. The minimum Gasteiger partial charge on any atom is -0.310 e. The van der Waals surface area contributed by atoms with Gasteiger partial charge in [-0.1, -0.05) is 176 Å². The highest BCUT2D eigenvalue weighted by molar-refractivity contribution is 6.11. The number of hydrogen-bond donors (Lipinski definition) is 0. The summed E-state index contributed by atoms with van der Waals surface area (Å²) in [6, 6.07) is 93.9. The molecule has 0 N–H and O–H groups in total. The lowest BCUT2D eigenvalue weighted by atomic mass is 9.67. The van der Waals surface area contributed by atoms with Crippen LogP contribution in [0.1, 0.15) is 22.3 Å². The van der Waals surface area contributed by atoms with Gasteiger partial charge < -0.3 is 9.47 Å². The molecule has 0 saturated heterocycles. The Balaban J connectivity index is 0.974. The maximum atomic E-state index is 2.45. The Bertz CT molecular complexity index is 3720. The normalized spacial score (nSPS) is 12.7. The molecule has 2 nitrogen and oxygen atoms in total. The molecule has 1 heterocycles. The Morgan fingerprint density at radius 1 is 0.308 bits per heavy atom. The van der Waals surface area contributed by atoms with Crippen LogP contribution in [0.15, 0.2) is 255 Å². The van der Waals surface area contributed by atoms with Gasteiger partial charge in [-0.25, -0.2) is 0 Å². The van der Waals surface area contributed by atoms with Crippen molar-refractivity contribution in [3.63, 3.8) is 0 Å². The molecule has 0 unspecified atom stereocenters. The number of anilines is 3. The standard InChI is InChI=1S/C63H42N2/c1-4-18-49(19-5-1)63(50-20-6-2-7-21-50)59-26-14-12-24-55(59)56-36-31-47(41-60(56)63)43-28-32-52(33-29-43)64(53-34-30-46-38-44-16-10-11-17-45(44)39-48(46)40-53)54-35-37-62-58(42-54)57-25-13-15-27-61(57)65(62)51-22-8-3-9-23-51/h1-42H. The van der Waals surface area contributed by atoms with Crippen LogP contribution >= 0.6 is 0 Å². The average Bonchev–Trinajstić information content (AvgIpc) is 3.87. The largest absolute Gasteiger partial charge is 0.310 e. The molecule has 0 aliphatic heterocycles. The van der Waals surface area contributed by atoms with Gasteiger partial charge in [-0.3, -0.25) is 0 Å². The van der Waals surface area contributed by atoms with Crippen molar-refractivity contribution in [3.05, 3.63) is 277 Å². The van der Waals surface area contributed by atoms with Gasteiger partial charge in [-0.05, 0) is 145 Å². The summed E-state index contributed by atoms with van der Waals surface area (Å²) in [6.45, 7) is 0. The van der Waals surface area contributed by atoms with E-state index in [0.717, 1.165) is 22.7 Å². The van der Waals surface area contributed by atoms with Crippen LogP contribution in [0.5, 0.6) is 0 Å². The third kappa shape index (κ3) is 5.81. The van der Waals surface area contributed by atoms with Crippen LogP contribution in [0.2, 0.25) is 0 Å². The summed E-state index contributed by atoms with van der Waals surface area (Å²) in [4.78, 5) is 2.42. The quantitative estimate of drug-likeness (QED) is 0.145. The zero-order chi connectivity index (χ0) is 42.9. The molecule has 1 aliphatic carbocycles. The highest BCUT2D eigenvalue weighted by Gasteiger charge is 2.46. The van der Waals surface area contributed by atoms with Crippen molar-refractivity contribution >= 4 is 60.4 Å². The van der Waals surface area contributed by atoms with E-state index in [-0.39, 0.29) is 0 Å². The van der Waals surface area contributed by atoms with Gasteiger partial charge in [0.1, 0.15) is 0 Å². The second kappa shape index (κ2) is 14.8. The highest BCUT2D eigenvalue weighted by atomic mass is 15.1. The lowest BCUT2D eigenvalue weighted by molar-refractivity contribution is 0.769. The van der Waals surface area contributed by atoms with E-state index >= 15 is 0 Å². The van der Waals surface area contributed by atoms with E-state index in [9.17, 15) is 0 Å². The highest BCUT2D eigenvalue weighted by Crippen LogP contribution is 2.56. The maximum absolute atomic E-state index is 2.45. The Morgan fingerprint density at radius 3 is 1.60 bits per heavy atom. The van der Waals surface area contributed by atoms with E-state index in [4.69, 9.17) is 0 Å².